The summed E-state index contributed by atoms with van der Waals surface area (Å²) in [5, 5.41) is 7.32. The third-order valence-electron chi connectivity index (χ3n) is 3.66. The number of hydrogen-bond acceptors (Lipinski definition) is 4. The standard InChI is InChI=1S/C14H16FN3O/c1-2-12-10(7-8-16-12)14-17-13(18-19-14)9-5-3-4-6-11(9)15/h3-6,10,12,16H,2,7-8H2,1H3. The molecule has 100 valence electrons. The summed E-state index contributed by atoms with van der Waals surface area (Å²) in [4.78, 5) is 4.36. The summed E-state index contributed by atoms with van der Waals surface area (Å²) in [5.41, 5.74) is 0.386. The number of hydrogen-bond donors (Lipinski definition) is 1. The van der Waals surface area contributed by atoms with Crippen LogP contribution in [-0.2, 0) is 0 Å². The lowest BCUT2D eigenvalue weighted by Gasteiger charge is -2.12. The van der Waals surface area contributed by atoms with Crippen molar-refractivity contribution >= 4 is 0 Å². The van der Waals surface area contributed by atoms with E-state index in [1.54, 1.807) is 18.2 Å². The Bertz CT molecular complexity index is 569. The van der Waals surface area contributed by atoms with Gasteiger partial charge in [0.15, 0.2) is 0 Å². The van der Waals surface area contributed by atoms with Crippen molar-refractivity contribution in [2.24, 2.45) is 0 Å². The Morgan fingerprint density at radius 1 is 1.42 bits per heavy atom. The molecule has 1 aromatic carbocycles. The van der Waals surface area contributed by atoms with Crippen LogP contribution in [0.15, 0.2) is 28.8 Å². The molecule has 1 aliphatic rings. The Labute approximate surface area is 111 Å². The molecule has 2 aromatic rings. The molecule has 19 heavy (non-hydrogen) atoms. The first-order valence-corrected chi connectivity index (χ1v) is 6.61. The molecule has 1 fully saturated rings. The van der Waals surface area contributed by atoms with Gasteiger partial charge in [-0.1, -0.05) is 24.2 Å². The fraction of sp³-hybridized carbons (Fsp3) is 0.429. The van der Waals surface area contributed by atoms with Gasteiger partial charge in [-0.2, -0.15) is 4.98 Å². The van der Waals surface area contributed by atoms with Crippen LogP contribution in [0.1, 0.15) is 31.6 Å². The van der Waals surface area contributed by atoms with Crippen LogP contribution in [0.25, 0.3) is 11.4 Å². The molecule has 0 bridgehead atoms. The molecule has 0 amide bonds. The SMILES string of the molecule is CCC1NCCC1c1nc(-c2ccccc2F)no1. The van der Waals surface area contributed by atoms with Crippen molar-refractivity contribution in [1.82, 2.24) is 15.5 Å². The van der Waals surface area contributed by atoms with Crippen LogP contribution in [0.5, 0.6) is 0 Å². The van der Waals surface area contributed by atoms with Gasteiger partial charge in [-0.15, -0.1) is 0 Å². The van der Waals surface area contributed by atoms with Crippen molar-refractivity contribution < 1.29 is 8.91 Å². The van der Waals surface area contributed by atoms with E-state index in [0.717, 1.165) is 19.4 Å². The lowest BCUT2D eigenvalue weighted by Crippen LogP contribution is -2.24. The topological polar surface area (TPSA) is 51.0 Å². The van der Waals surface area contributed by atoms with E-state index in [-0.39, 0.29) is 11.7 Å². The molecule has 0 spiro atoms. The second-order valence-corrected chi connectivity index (χ2v) is 4.80. The third-order valence-corrected chi connectivity index (χ3v) is 3.66. The molecule has 0 radical (unpaired) electrons. The predicted molar refractivity (Wildman–Crippen MR) is 69.1 cm³/mol. The second kappa shape index (κ2) is 5.09. The van der Waals surface area contributed by atoms with Crippen LogP contribution in [-0.4, -0.2) is 22.7 Å². The summed E-state index contributed by atoms with van der Waals surface area (Å²) in [7, 11) is 0. The maximum Gasteiger partial charge on any atom is 0.231 e. The van der Waals surface area contributed by atoms with Crippen LogP contribution in [0.4, 0.5) is 4.39 Å². The Kier molecular flexibility index (Phi) is 3.29. The van der Waals surface area contributed by atoms with Gasteiger partial charge in [0.1, 0.15) is 5.82 Å². The fourth-order valence-corrected chi connectivity index (χ4v) is 2.63. The highest BCUT2D eigenvalue weighted by atomic mass is 19.1. The van der Waals surface area contributed by atoms with Gasteiger partial charge in [0.2, 0.25) is 11.7 Å². The molecule has 2 atom stereocenters. The van der Waals surface area contributed by atoms with E-state index in [1.165, 1.54) is 6.07 Å². The van der Waals surface area contributed by atoms with E-state index < -0.39 is 0 Å². The van der Waals surface area contributed by atoms with Crippen LogP contribution in [0.2, 0.25) is 0 Å². The highest BCUT2D eigenvalue weighted by Crippen LogP contribution is 2.30. The molecule has 1 aromatic heterocycles. The Morgan fingerprint density at radius 2 is 2.26 bits per heavy atom. The number of nitrogens with zero attached hydrogens (tertiary/aromatic N) is 2. The van der Waals surface area contributed by atoms with Gasteiger partial charge in [-0.3, -0.25) is 0 Å². The largest absolute Gasteiger partial charge is 0.339 e. The summed E-state index contributed by atoms with van der Waals surface area (Å²) in [5.74, 6) is 0.842. The van der Waals surface area contributed by atoms with Crippen molar-refractivity contribution in [2.75, 3.05) is 6.54 Å². The van der Waals surface area contributed by atoms with Gasteiger partial charge >= 0.3 is 0 Å². The minimum Gasteiger partial charge on any atom is -0.339 e. The highest BCUT2D eigenvalue weighted by Gasteiger charge is 2.31. The minimum absolute atomic E-state index is 0.234. The van der Waals surface area contributed by atoms with E-state index >= 15 is 0 Å². The molecule has 4 nitrogen and oxygen atoms in total. The van der Waals surface area contributed by atoms with E-state index in [9.17, 15) is 4.39 Å². The number of nitrogens with one attached hydrogen (secondary N) is 1. The first kappa shape index (κ1) is 12.3. The minimum atomic E-state index is -0.327. The van der Waals surface area contributed by atoms with Crippen molar-refractivity contribution in [3.05, 3.63) is 36.0 Å². The molecule has 0 saturated carbocycles. The first-order valence-electron chi connectivity index (χ1n) is 6.61. The molecule has 1 saturated heterocycles. The Morgan fingerprint density at radius 3 is 3.05 bits per heavy atom. The molecule has 1 aliphatic heterocycles. The molecule has 2 unspecified atom stereocenters. The smallest absolute Gasteiger partial charge is 0.231 e. The molecule has 3 rings (SSSR count). The van der Waals surface area contributed by atoms with Gasteiger partial charge in [-0.25, -0.2) is 4.39 Å². The van der Waals surface area contributed by atoms with Crippen LogP contribution in [0.3, 0.4) is 0 Å². The Hall–Kier alpha value is -1.75. The summed E-state index contributed by atoms with van der Waals surface area (Å²) in [6.45, 7) is 3.09. The quantitative estimate of drug-likeness (QED) is 0.923. The monoisotopic (exact) mass is 261 g/mol. The fourth-order valence-electron chi connectivity index (χ4n) is 2.63. The zero-order valence-electron chi connectivity index (χ0n) is 10.8. The molecular weight excluding hydrogens is 245 g/mol. The van der Waals surface area contributed by atoms with Crippen molar-refractivity contribution in [2.45, 2.75) is 31.7 Å². The van der Waals surface area contributed by atoms with E-state index in [1.807, 2.05) is 0 Å². The summed E-state index contributed by atoms with van der Waals surface area (Å²) >= 11 is 0. The lowest BCUT2D eigenvalue weighted by atomic mass is 9.99. The Balaban J connectivity index is 1.90. The van der Waals surface area contributed by atoms with Crippen molar-refractivity contribution in [3.63, 3.8) is 0 Å². The maximum absolute atomic E-state index is 13.7. The highest BCUT2D eigenvalue weighted by molar-refractivity contribution is 5.54. The normalized spacial score (nSPS) is 22.8. The van der Waals surface area contributed by atoms with E-state index in [4.69, 9.17) is 4.52 Å². The number of aromatic nitrogens is 2. The third kappa shape index (κ3) is 2.26. The number of benzene rings is 1. The van der Waals surface area contributed by atoms with Crippen LogP contribution in [0, 0.1) is 5.82 Å². The molecule has 2 heterocycles. The zero-order valence-corrected chi connectivity index (χ0v) is 10.8. The maximum atomic E-state index is 13.7. The summed E-state index contributed by atoms with van der Waals surface area (Å²) < 4.78 is 19.0. The molecular formula is C14H16FN3O. The summed E-state index contributed by atoms with van der Waals surface area (Å²) in [6.07, 6.45) is 2.00. The molecule has 0 aliphatic carbocycles. The van der Waals surface area contributed by atoms with E-state index in [0.29, 0.717) is 23.3 Å². The van der Waals surface area contributed by atoms with E-state index in [2.05, 4.69) is 22.4 Å². The first-order chi connectivity index (χ1) is 9.29. The van der Waals surface area contributed by atoms with Gasteiger partial charge in [-0.05, 0) is 31.5 Å². The van der Waals surface area contributed by atoms with Crippen LogP contribution < -0.4 is 5.32 Å². The number of rotatable bonds is 3. The van der Waals surface area contributed by atoms with Gasteiger partial charge in [0.05, 0.1) is 11.5 Å². The van der Waals surface area contributed by atoms with Gasteiger partial charge < -0.3 is 9.84 Å². The van der Waals surface area contributed by atoms with Crippen molar-refractivity contribution in [1.29, 1.82) is 0 Å². The average molecular weight is 261 g/mol. The van der Waals surface area contributed by atoms with Crippen LogP contribution >= 0.6 is 0 Å². The predicted octanol–water partition coefficient (Wildman–Crippen LogP) is 2.73. The molecule has 1 N–H and O–H groups in total. The van der Waals surface area contributed by atoms with Gasteiger partial charge in [0.25, 0.3) is 0 Å². The molecule has 5 heteroatoms. The second-order valence-electron chi connectivity index (χ2n) is 4.80. The average Bonchev–Trinajstić information content (AvgIpc) is 3.07. The zero-order chi connectivity index (χ0) is 13.2. The van der Waals surface area contributed by atoms with Crippen molar-refractivity contribution in [3.8, 4) is 11.4 Å². The summed E-state index contributed by atoms with van der Waals surface area (Å²) in [6, 6.07) is 6.84. The number of halogens is 1. The van der Waals surface area contributed by atoms with Gasteiger partial charge in [0, 0.05) is 6.04 Å². The lowest BCUT2D eigenvalue weighted by molar-refractivity contribution is 0.338.